The third kappa shape index (κ3) is 3.05. The third-order valence-electron chi connectivity index (χ3n) is 6.19. The molecule has 0 N–H and O–H groups in total. The largest absolute Gasteiger partial charge is 0.329 e. The lowest BCUT2D eigenvalue weighted by molar-refractivity contribution is -0.888. The molecule has 0 spiro atoms. The van der Waals surface area contributed by atoms with Crippen LogP contribution in [0, 0.1) is 6.92 Å². The Balaban J connectivity index is 1.85. The van der Waals surface area contributed by atoms with Crippen LogP contribution in [0.15, 0.2) is 66.7 Å². The van der Waals surface area contributed by atoms with Crippen molar-refractivity contribution in [3.05, 3.63) is 72.3 Å². The van der Waals surface area contributed by atoms with Crippen molar-refractivity contribution in [2.45, 2.75) is 19.0 Å². The Morgan fingerprint density at radius 2 is 1.32 bits per heavy atom. The number of rotatable bonds is 2. The predicted molar refractivity (Wildman–Crippen MR) is 112 cm³/mol. The van der Waals surface area contributed by atoms with Gasteiger partial charge >= 0.3 is 0 Å². The van der Waals surface area contributed by atoms with Gasteiger partial charge in [-0.1, -0.05) is 82.7 Å². The molecule has 0 aliphatic carbocycles. The summed E-state index contributed by atoms with van der Waals surface area (Å²) in [4.78, 5) is 0. The molecule has 1 saturated heterocycles. The van der Waals surface area contributed by atoms with Gasteiger partial charge in [-0.15, -0.1) is 0 Å². The summed E-state index contributed by atoms with van der Waals surface area (Å²) in [5, 5.41) is 5.98. The molecule has 0 bridgehead atoms. The second kappa shape index (κ2) is 6.12. The maximum Gasteiger partial charge on any atom is 0.129 e. The van der Waals surface area contributed by atoms with Crippen molar-refractivity contribution in [1.29, 1.82) is 0 Å². The van der Waals surface area contributed by atoms with Crippen molar-refractivity contribution in [3.63, 3.8) is 0 Å². The van der Waals surface area contributed by atoms with Crippen LogP contribution in [0.3, 0.4) is 0 Å². The number of hydrogen-bond acceptors (Lipinski definition) is 0. The average Bonchev–Trinajstić information content (AvgIpc) is 2.63. The van der Waals surface area contributed by atoms with E-state index in [4.69, 9.17) is 0 Å². The molecule has 1 aliphatic heterocycles. The van der Waals surface area contributed by atoms with Crippen LogP contribution in [0.4, 0.5) is 0 Å². The highest BCUT2D eigenvalue weighted by molar-refractivity contribution is 7.02. The Bertz CT molecular complexity index is 885. The van der Waals surface area contributed by atoms with E-state index >= 15 is 0 Å². The van der Waals surface area contributed by atoms with Crippen LogP contribution in [0.1, 0.15) is 5.56 Å². The minimum atomic E-state index is -1.68. The molecule has 0 aromatic heterocycles. The lowest BCUT2D eigenvalue weighted by atomic mass is 10.1. The Morgan fingerprint density at radius 3 is 2.00 bits per heavy atom. The molecular formula is C23H28NSi+. The summed E-state index contributed by atoms with van der Waals surface area (Å²) in [6.07, 6.45) is 0. The molecule has 25 heavy (non-hydrogen) atoms. The molecular weight excluding hydrogens is 318 g/mol. The molecule has 128 valence electrons. The topological polar surface area (TPSA) is 0 Å². The van der Waals surface area contributed by atoms with E-state index in [0.29, 0.717) is 0 Å². The molecule has 0 radical (unpaired) electrons. The summed E-state index contributed by atoms with van der Waals surface area (Å²) in [6, 6.07) is 28.2. The van der Waals surface area contributed by atoms with E-state index in [1.165, 1.54) is 41.5 Å². The second-order valence-corrected chi connectivity index (χ2v) is 12.7. The maximum absolute atomic E-state index is 2.49. The minimum Gasteiger partial charge on any atom is -0.329 e. The fourth-order valence-corrected chi connectivity index (χ4v) is 9.68. The van der Waals surface area contributed by atoms with Gasteiger partial charge in [0.2, 0.25) is 0 Å². The highest BCUT2D eigenvalue weighted by Crippen LogP contribution is 2.26. The van der Waals surface area contributed by atoms with E-state index in [1.807, 2.05) is 0 Å². The first kappa shape index (κ1) is 16.6. The first-order valence-corrected chi connectivity index (χ1v) is 11.8. The van der Waals surface area contributed by atoms with Gasteiger partial charge in [-0.05, 0) is 17.7 Å². The quantitative estimate of drug-likeness (QED) is 0.489. The molecule has 1 aliphatic rings. The first-order chi connectivity index (χ1) is 12.0. The molecule has 0 saturated carbocycles. The third-order valence-corrected chi connectivity index (χ3v) is 11.2. The van der Waals surface area contributed by atoms with E-state index < -0.39 is 8.07 Å². The van der Waals surface area contributed by atoms with Crippen LogP contribution in [-0.2, 0) is 0 Å². The van der Waals surface area contributed by atoms with Gasteiger partial charge in [0, 0.05) is 12.1 Å². The fraction of sp³-hybridized carbons (Fsp3) is 0.304. The molecule has 3 aromatic rings. The van der Waals surface area contributed by atoms with Crippen molar-refractivity contribution < 1.29 is 4.48 Å². The van der Waals surface area contributed by atoms with Crippen LogP contribution in [0.25, 0.3) is 10.8 Å². The van der Waals surface area contributed by atoms with E-state index in [0.717, 1.165) is 4.48 Å². The SMILES string of the molecule is Cc1ccc([Si]2(c3ccc4ccccc4c3)CC[N+](C)(C)CC2)cc1. The van der Waals surface area contributed by atoms with Gasteiger partial charge in [0.1, 0.15) is 8.07 Å². The summed E-state index contributed by atoms with van der Waals surface area (Å²) >= 11 is 0. The first-order valence-electron chi connectivity index (χ1n) is 9.37. The Labute approximate surface area is 152 Å². The van der Waals surface area contributed by atoms with Crippen LogP contribution < -0.4 is 10.4 Å². The summed E-state index contributed by atoms with van der Waals surface area (Å²) in [5.41, 5.74) is 1.36. The molecule has 0 atom stereocenters. The standard InChI is InChI=1S/C23H28NSi/c1-19-8-11-22(12-9-19)25(16-14-24(2,3)15-17-25)23-13-10-20-6-4-5-7-21(20)18-23/h4-13,18H,14-17H2,1-3H3/q+1. The van der Waals surface area contributed by atoms with Crippen LogP contribution in [0.2, 0.25) is 12.1 Å². The predicted octanol–water partition coefficient (Wildman–Crippen LogP) is 3.80. The van der Waals surface area contributed by atoms with Crippen LogP contribution in [-0.4, -0.2) is 39.7 Å². The Morgan fingerprint density at radius 1 is 0.720 bits per heavy atom. The number of nitrogens with zero attached hydrogens (tertiary/aromatic N) is 1. The molecule has 2 heteroatoms. The normalized spacial score (nSPS) is 19.0. The van der Waals surface area contributed by atoms with E-state index in [1.54, 1.807) is 10.4 Å². The summed E-state index contributed by atoms with van der Waals surface area (Å²) in [6.45, 7) is 4.76. The van der Waals surface area contributed by atoms with Crippen molar-refractivity contribution in [2.24, 2.45) is 0 Å². The van der Waals surface area contributed by atoms with Gasteiger partial charge in [-0.25, -0.2) is 0 Å². The van der Waals surface area contributed by atoms with Gasteiger partial charge in [-0.3, -0.25) is 0 Å². The van der Waals surface area contributed by atoms with Crippen molar-refractivity contribution >= 4 is 29.2 Å². The van der Waals surface area contributed by atoms with Gasteiger partial charge in [0.05, 0.1) is 27.2 Å². The van der Waals surface area contributed by atoms with Crippen molar-refractivity contribution in [2.75, 3.05) is 27.2 Å². The zero-order chi connectivity index (χ0) is 17.5. The molecule has 4 rings (SSSR count). The number of fused-ring (bicyclic) bond motifs is 1. The van der Waals surface area contributed by atoms with Crippen LogP contribution >= 0.6 is 0 Å². The summed E-state index contributed by atoms with van der Waals surface area (Å²) in [7, 11) is 3.09. The minimum absolute atomic E-state index is 1.16. The lowest BCUT2D eigenvalue weighted by Gasteiger charge is -2.44. The molecule has 0 unspecified atom stereocenters. The Hall–Kier alpha value is -1.90. The summed E-state index contributed by atoms with van der Waals surface area (Å²) < 4.78 is 1.16. The number of quaternary nitrogens is 1. The van der Waals surface area contributed by atoms with Crippen molar-refractivity contribution in [1.82, 2.24) is 0 Å². The number of benzene rings is 3. The average molecular weight is 347 g/mol. The molecule has 1 heterocycles. The number of aryl methyl sites for hydroxylation is 1. The van der Waals surface area contributed by atoms with Crippen molar-refractivity contribution in [3.8, 4) is 0 Å². The van der Waals surface area contributed by atoms with Crippen LogP contribution in [0.5, 0.6) is 0 Å². The fourth-order valence-electron chi connectivity index (χ4n) is 4.33. The Kier molecular flexibility index (Phi) is 4.05. The highest BCUT2D eigenvalue weighted by atomic mass is 28.3. The zero-order valence-electron chi connectivity index (χ0n) is 15.6. The van der Waals surface area contributed by atoms with E-state index in [9.17, 15) is 0 Å². The lowest BCUT2D eigenvalue weighted by Crippen LogP contribution is -2.65. The monoisotopic (exact) mass is 346 g/mol. The number of hydrogen-bond donors (Lipinski definition) is 0. The van der Waals surface area contributed by atoms with E-state index in [-0.39, 0.29) is 0 Å². The van der Waals surface area contributed by atoms with E-state index in [2.05, 4.69) is 87.7 Å². The zero-order valence-corrected chi connectivity index (χ0v) is 16.6. The molecule has 0 amide bonds. The van der Waals surface area contributed by atoms with Gasteiger partial charge in [0.15, 0.2) is 0 Å². The second-order valence-electron chi connectivity index (χ2n) is 8.39. The molecule has 1 fully saturated rings. The van der Waals surface area contributed by atoms with Gasteiger partial charge in [-0.2, -0.15) is 0 Å². The molecule has 3 aromatic carbocycles. The molecule has 1 nitrogen and oxygen atoms in total. The van der Waals surface area contributed by atoms with Gasteiger partial charge in [0.25, 0.3) is 0 Å². The summed E-state index contributed by atoms with van der Waals surface area (Å²) in [5.74, 6) is 0. The highest BCUT2D eigenvalue weighted by Gasteiger charge is 2.43. The van der Waals surface area contributed by atoms with Gasteiger partial charge < -0.3 is 4.48 Å². The maximum atomic E-state index is 2.49. The smallest absolute Gasteiger partial charge is 0.129 e.